The summed E-state index contributed by atoms with van der Waals surface area (Å²) in [7, 11) is 0. The highest BCUT2D eigenvalue weighted by Gasteiger charge is 2.17. The van der Waals surface area contributed by atoms with Crippen LogP contribution in [-0.4, -0.2) is 20.0 Å². The number of imidazole rings is 1. The maximum absolute atomic E-state index is 12.7. The summed E-state index contributed by atoms with van der Waals surface area (Å²) in [6, 6.07) is 46.2. The van der Waals surface area contributed by atoms with Crippen molar-refractivity contribution in [1.29, 1.82) is 0 Å². The van der Waals surface area contributed by atoms with Crippen molar-refractivity contribution in [3.8, 4) is 28.2 Å². The molecule has 0 fully saturated rings. The molecule has 4 heteroatoms. The minimum Gasteiger partial charge on any atom is -0.292 e. The van der Waals surface area contributed by atoms with Gasteiger partial charge in [0.1, 0.15) is 5.82 Å². The fourth-order valence-corrected chi connectivity index (χ4v) is 6.16. The highest BCUT2D eigenvalue weighted by molar-refractivity contribution is 6.21. The van der Waals surface area contributed by atoms with Gasteiger partial charge in [-0.25, -0.2) is 4.98 Å². The van der Waals surface area contributed by atoms with Gasteiger partial charge in [0, 0.05) is 34.3 Å². The number of hydrogen-bond acceptors (Lipinski definition) is 2. The van der Waals surface area contributed by atoms with Gasteiger partial charge in [-0.3, -0.25) is 13.9 Å². The van der Waals surface area contributed by atoms with Crippen LogP contribution in [0.5, 0.6) is 0 Å². The Balaban J connectivity index is 1.24. The third kappa shape index (κ3) is 3.61. The van der Waals surface area contributed by atoms with Gasteiger partial charge in [0.2, 0.25) is 5.91 Å². The predicted octanol–water partition coefficient (Wildman–Crippen LogP) is 9.28. The van der Waals surface area contributed by atoms with Crippen LogP contribution in [0.3, 0.4) is 0 Å². The van der Waals surface area contributed by atoms with Gasteiger partial charge >= 0.3 is 0 Å². The maximum atomic E-state index is 12.7. The molecule has 8 rings (SSSR count). The molecule has 0 aliphatic rings. The van der Waals surface area contributed by atoms with E-state index in [0.29, 0.717) is 0 Å². The van der Waals surface area contributed by atoms with Crippen LogP contribution < -0.4 is 0 Å². The van der Waals surface area contributed by atoms with E-state index in [1.807, 2.05) is 34.9 Å². The van der Waals surface area contributed by atoms with Crippen molar-refractivity contribution in [2.45, 2.75) is 6.92 Å². The zero-order valence-electron chi connectivity index (χ0n) is 22.5. The summed E-state index contributed by atoms with van der Waals surface area (Å²) >= 11 is 0. The van der Waals surface area contributed by atoms with Gasteiger partial charge in [0.25, 0.3) is 0 Å². The van der Waals surface area contributed by atoms with Crippen molar-refractivity contribution in [3.63, 3.8) is 0 Å². The summed E-state index contributed by atoms with van der Waals surface area (Å²) in [5, 5.41) is 4.38. The lowest BCUT2D eigenvalue weighted by Crippen LogP contribution is -2.04. The van der Waals surface area contributed by atoms with Gasteiger partial charge in [0.05, 0.1) is 22.1 Å². The number of fused-ring (bicyclic) bond motifs is 6. The lowest BCUT2D eigenvalue weighted by atomic mass is 9.98. The summed E-state index contributed by atoms with van der Waals surface area (Å²) in [6.45, 7) is 1.63. The number of rotatable bonds is 3. The van der Waals surface area contributed by atoms with Crippen LogP contribution in [-0.2, 0) is 0 Å². The van der Waals surface area contributed by atoms with Gasteiger partial charge in [-0.1, -0.05) is 97.1 Å². The van der Waals surface area contributed by atoms with Crippen LogP contribution in [0.2, 0.25) is 0 Å². The average molecular weight is 528 g/mol. The zero-order valence-corrected chi connectivity index (χ0v) is 22.5. The van der Waals surface area contributed by atoms with Crippen molar-refractivity contribution in [2.75, 3.05) is 0 Å². The summed E-state index contributed by atoms with van der Waals surface area (Å²) in [4.78, 5) is 17.7. The molecule has 0 saturated carbocycles. The number of carbonyl (C=O) groups excluding carboxylic acids is 1. The third-order valence-corrected chi connectivity index (χ3v) is 8.02. The van der Waals surface area contributed by atoms with E-state index in [0.717, 1.165) is 71.8 Å². The van der Waals surface area contributed by atoms with Crippen molar-refractivity contribution in [3.05, 3.63) is 133 Å². The van der Waals surface area contributed by atoms with E-state index in [1.165, 1.54) is 0 Å². The van der Waals surface area contributed by atoms with E-state index in [2.05, 4.69) is 108 Å². The molecule has 2 aromatic heterocycles. The minimum atomic E-state index is 0.0184. The van der Waals surface area contributed by atoms with Crippen molar-refractivity contribution >= 4 is 49.5 Å². The Hall–Kier alpha value is -5.48. The molecule has 0 amide bonds. The third-order valence-electron chi connectivity index (χ3n) is 8.02. The molecule has 0 unspecified atom stereocenters. The molecule has 0 atom stereocenters. The molecule has 0 bridgehead atoms. The Bertz CT molecular complexity index is 2270. The Labute approximate surface area is 236 Å². The number of hydrogen-bond donors (Lipinski definition) is 0. The molecule has 0 N–H and O–H groups in total. The summed E-state index contributed by atoms with van der Waals surface area (Å²) in [6.07, 6.45) is 0. The lowest BCUT2D eigenvalue weighted by Gasteiger charge is -2.11. The Morgan fingerprint density at radius 1 is 0.585 bits per heavy atom. The Kier molecular flexibility index (Phi) is 5.16. The van der Waals surface area contributed by atoms with Crippen LogP contribution in [0.15, 0.2) is 133 Å². The van der Waals surface area contributed by atoms with E-state index >= 15 is 0 Å². The van der Waals surface area contributed by atoms with Crippen LogP contribution in [0, 0.1) is 0 Å². The maximum Gasteiger partial charge on any atom is 0.228 e. The molecular formula is C37H25N3O. The zero-order chi connectivity index (χ0) is 27.5. The van der Waals surface area contributed by atoms with E-state index in [9.17, 15) is 4.79 Å². The largest absolute Gasteiger partial charge is 0.292 e. The molecular weight excluding hydrogens is 502 g/mol. The number of nitrogens with zero attached hydrogens (tertiary/aromatic N) is 3. The van der Waals surface area contributed by atoms with Gasteiger partial charge in [-0.2, -0.15) is 0 Å². The second-order valence-electron chi connectivity index (χ2n) is 10.4. The smallest absolute Gasteiger partial charge is 0.228 e. The number of aromatic nitrogens is 3. The van der Waals surface area contributed by atoms with Crippen molar-refractivity contribution in [2.24, 2.45) is 0 Å². The Morgan fingerprint density at radius 3 is 2.05 bits per heavy atom. The summed E-state index contributed by atoms with van der Waals surface area (Å²) in [5.74, 6) is 0.937. The van der Waals surface area contributed by atoms with Crippen LogP contribution in [0.25, 0.3) is 71.8 Å². The van der Waals surface area contributed by atoms with Crippen molar-refractivity contribution < 1.29 is 4.79 Å². The quantitative estimate of drug-likeness (QED) is 0.230. The molecule has 0 spiro atoms. The second-order valence-corrected chi connectivity index (χ2v) is 10.4. The number of benzene rings is 6. The highest BCUT2D eigenvalue weighted by atomic mass is 16.1. The van der Waals surface area contributed by atoms with Crippen LogP contribution >= 0.6 is 0 Å². The summed E-state index contributed by atoms with van der Waals surface area (Å²) in [5.41, 5.74) is 8.38. The fraction of sp³-hybridized carbons (Fsp3) is 0.0270. The molecule has 0 aliphatic heterocycles. The van der Waals surface area contributed by atoms with Gasteiger partial charge in [-0.15, -0.1) is 0 Å². The topological polar surface area (TPSA) is 39.8 Å². The second kappa shape index (κ2) is 9.04. The highest BCUT2D eigenvalue weighted by Crippen LogP contribution is 2.36. The normalized spacial score (nSPS) is 11.6. The van der Waals surface area contributed by atoms with E-state index < -0.39 is 0 Å². The summed E-state index contributed by atoms with van der Waals surface area (Å²) < 4.78 is 4.07. The van der Waals surface area contributed by atoms with Gasteiger partial charge in [-0.05, 0) is 52.9 Å². The Morgan fingerprint density at radius 2 is 1.24 bits per heavy atom. The molecule has 194 valence electrons. The molecule has 41 heavy (non-hydrogen) atoms. The molecule has 8 aromatic rings. The van der Waals surface area contributed by atoms with E-state index in [-0.39, 0.29) is 5.91 Å². The van der Waals surface area contributed by atoms with Crippen LogP contribution in [0.1, 0.15) is 11.7 Å². The molecule has 0 radical (unpaired) electrons. The molecule has 2 heterocycles. The molecule has 0 aliphatic carbocycles. The van der Waals surface area contributed by atoms with Gasteiger partial charge in [0.15, 0.2) is 0 Å². The predicted molar refractivity (Wildman–Crippen MR) is 169 cm³/mol. The first-order valence-electron chi connectivity index (χ1n) is 13.8. The van der Waals surface area contributed by atoms with Crippen LogP contribution in [0.4, 0.5) is 0 Å². The first kappa shape index (κ1) is 23.4. The molecule has 0 saturated heterocycles. The lowest BCUT2D eigenvalue weighted by molar-refractivity contribution is 0.0946. The first-order chi connectivity index (χ1) is 20.2. The molecule has 6 aromatic carbocycles. The minimum absolute atomic E-state index is 0.0184. The fourth-order valence-electron chi connectivity index (χ4n) is 6.16. The standard InChI is InChI=1S/C37H25N3O/c1-24(41)39-34-13-7-5-11-31(34)32-22-20-28-23-27(19-21-30(28)36(32)39)25-15-17-26(18-16-25)37-38-33-12-6-8-14-35(33)40(37)29-9-3-2-4-10-29/h2-23H,1H3. The first-order valence-corrected chi connectivity index (χ1v) is 13.8. The SMILES string of the molecule is CC(=O)n1c2ccccc2c2ccc3cc(-c4ccc(-c5nc6ccccc6n5-c5ccccc5)cc4)ccc3c21. The van der Waals surface area contributed by atoms with Gasteiger partial charge < -0.3 is 0 Å². The molecule has 4 nitrogen and oxygen atoms in total. The van der Waals surface area contributed by atoms with E-state index in [1.54, 1.807) is 6.92 Å². The number of para-hydroxylation sites is 4. The van der Waals surface area contributed by atoms with E-state index in [4.69, 9.17) is 4.98 Å². The van der Waals surface area contributed by atoms with Crippen molar-refractivity contribution in [1.82, 2.24) is 14.1 Å². The monoisotopic (exact) mass is 527 g/mol. The average Bonchev–Trinajstić information content (AvgIpc) is 3.58. The number of carbonyl (C=O) groups is 1.